The molecular weight excluding hydrogens is 219 g/mol. The summed E-state index contributed by atoms with van der Waals surface area (Å²) in [6.45, 7) is 2.68. The molecule has 0 aromatic heterocycles. The van der Waals surface area contributed by atoms with Gasteiger partial charge in [0.05, 0.1) is 0 Å². The van der Waals surface area contributed by atoms with Crippen molar-refractivity contribution < 1.29 is 5.11 Å². The third-order valence-corrected chi connectivity index (χ3v) is 1.66. The fraction of sp³-hybridized carbons (Fsp3) is 1.00. The van der Waals surface area contributed by atoms with E-state index in [9.17, 15) is 0 Å². The van der Waals surface area contributed by atoms with Gasteiger partial charge in [0, 0.05) is 0 Å². The molecule has 0 fully saturated rings. The maximum absolute atomic E-state index is 9.09. The molecule has 8 heavy (non-hydrogen) atoms. The molecule has 1 unspecified atom stereocenters. The van der Waals surface area contributed by atoms with Gasteiger partial charge >= 0.3 is 0 Å². The Kier molecular flexibility index (Phi) is 3.87. The van der Waals surface area contributed by atoms with Crippen molar-refractivity contribution in [1.82, 2.24) is 10.6 Å². The van der Waals surface area contributed by atoms with Gasteiger partial charge in [-0.25, -0.2) is 0 Å². The van der Waals surface area contributed by atoms with E-state index >= 15 is 0 Å². The first-order valence-corrected chi connectivity index (χ1v) is 3.55. The average Bonchev–Trinajstić information content (AvgIpc) is 1.67. The Bertz CT molecular complexity index is 67.1. The van der Waals surface area contributed by atoms with Crippen molar-refractivity contribution in [2.45, 2.75) is 10.8 Å². The van der Waals surface area contributed by atoms with Crippen LogP contribution in [0, 0.1) is 0 Å². The zero-order chi connectivity index (χ0) is 6.62. The number of aliphatic hydroxyl groups is 1. The van der Waals surface area contributed by atoms with Gasteiger partial charge in [0.1, 0.15) is 0 Å². The van der Waals surface area contributed by atoms with E-state index in [0.29, 0.717) is 0 Å². The summed E-state index contributed by atoms with van der Waals surface area (Å²) in [6.07, 6.45) is 0. The summed E-state index contributed by atoms with van der Waals surface area (Å²) in [5.74, 6) is 0. The van der Waals surface area contributed by atoms with Crippen molar-refractivity contribution in [1.29, 1.82) is 0 Å². The van der Waals surface area contributed by atoms with Gasteiger partial charge in [-0.05, 0) is 36.2 Å². The maximum Gasteiger partial charge on any atom is 0.225 e. The number of alkyl halides is 1. The second kappa shape index (κ2) is 3.60. The van der Waals surface area contributed by atoms with E-state index in [2.05, 4.69) is 10.6 Å². The Balaban J connectivity index is 3.37. The normalized spacial score (nSPS) is 18.0. The lowest BCUT2D eigenvalue weighted by Gasteiger charge is -2.20. The Labute approximate surface area is 63.0 Å². The molecule has 50 valence electrons. The van der Waals surface area contributed by atoms with Gasteiger partial charge in [-0.1, -0.05) is 6.92 Å². The quantitative estimate of drug-likeness (QED) is 0.273. The molecule has 0 bridgehead atoms. The molecule has 0 aromatic rings. The van der Waals surface area contributed by atoms with Gasteiger partial charge in [-0.15, -0.1) is 0 Å². The van der Waals surface area contributed by atoms with Crippen molar-refractivity contribution in [2.75, 3.05) is 13.6 Å². The fourth-order valence-electron chi connectivity index (χ4n) is 0.323. The summed E-state index contributed by atoms with van der Waals surface area (Å²) in [7, 11) is 1.69. The lowest BCUT2D eigenvalue weighted by Crippen LogP contribution is -2.49. The minimum absolute atomic E-state index is 0.750. The van der Waals surface area contributed by atoms with Crippen molar-refractivity contribution in [3.63, 3.8) is 0 Å². The molecule has 0 rings (SSSR count). The maximum atomic E-state index is 9.09. The van der Waals surface area contributed by atoms with Crippen LogP contribution in [-0.2, 0) is 0 Å². The summed E-state index contributed by atoms with van der Waals surface area (Å²) in [5, 5.41) is 14.6. The van der Waals surface area contributed by atoms with Crippen molar-refractivity contribution in [2.24, 2.45) is 0 Å². The average molecular weight is 230 g/mol. The number of hydrogen-bond acceptors (Lipinski definition) is 3. The van der Waals surface area contributed by atoms with Gasteiger partial charge in [-0.3, -0.25) is 10.6 Å². The van der Waals surface area contributed by atoms with Crippen LogP contribution in [0.1, 0.15) is 6.92 Å². The highest BCUT2D eigenvalue weighted by molar-refractivity contribution is 14.1. The van der Waals surface area contributed by atoms with Gasteiger partial charge in [0.25, 0.3) is 0 Å². The van der Waals surface area contributed by atoms with Crippen LogP contribution < -0.4 is 10.6 Å². The van der Waals surface area contributed by atoms with E-state index < -0.39 is 3.86 Å². The highest BCUT2D eigenvalue weighted by Crippen LogP contribution is 2.02. The van der Waals surface area contributed by atoms with Crippen molar-refractivity contribution in [3.05, 3.63) is 0 Å². The predicted molar refractivity (Wildman–Crippen MR) is 41.7 cm³/mol. The highest BCUT2D eigenvalue weighted by atomic mass is 127. The molecule has 0 spiro atoms. The number of hydrogen-bond donors (Lipinski definition) is 3. The van der Waals surface area contributed by atoms with E-state index in [1.54, 1.807) is 7.05 Å². The minimum atomic E-state index is -0.938. The molecular formula is C4H11IN2O. The van der Waals surface area contributed by atoms with Crippen LogP contribution in [0.2, 0.25) is 0 Å². The number of rotatable bonds is 3. The zero-order valence-corrected chi connectivity index (χ0v) is 7.19. The fourth-order valence-corrected chi connectivity index (χ4v) is 0.704. The second-order valence-corrected chi connectivity index (χ2v) is 2.96. The largest absolute Gasteiger partial charge is 0.355 e. The topological polar surface area (TPSA) is 44.3 Å². The molecule has 0 aliphatic rings. The Morgan fingerprint density at radius 3 is 2.38 bits per heavy atom. The van der Waals surface area contributed by atoms with Crippen LogP contribution in [0.5, 0.6) is 0 Å². The summed E-state index contributed by atoms with van der Waals surface area (Å²) in [4.78, 5) is 0. The van der Waals surface area contributed by atoms with Crippen LogP contribution in [0.15, 0.2) is 0 Å². The molecule has 0 saturated heterocycles. The first kappa shape index (κ1) is 8.61. The van der Waals surface area contributed by atoms with Gasteiger partial charge in [0.15, 0.2) is 0 Å². The van der Waals surface area contributed by atoms with Crippen molar-refractivity contribution >= 4 is 22.6 Å². The number of nitrogens with one attached hydrogen (secondary N) is 2. The van der Waals surface area contributed by atoms with E-state index in [0.717, 1.165) is 6.54 Å². The Morgan fingerprint density at radius 2 is 2.25 bits per heavy atom. The van der Waals surface area contributed by atoms with Gasteiger partial charge in [-0.2, -0.15) is 0 Å². The third-order valence-electron chi connectivity index (χ3n) is 0.742. The molecule has 0 heterocycles. The monoisotopic (exact) mass is 230 g/mol. The summed E-state index contributed by atoms with van der Waals surface area (Å²) in [6, 6.07) is 0. The Hall–Kier alpha value is 0.610. The smallest absolute Gasteiger partial charge is 0.225 e. The van der Waals surface area contributed by atoms with Gasteiger partial charge < -0.3 is 5.11 Å². The third kappa shape index (κ3) is 3.59. The molecule has 1 atom stereocenters. The molecule has 3 nitrogen and oxygen atoms in total. The summed E-state index contributed by atoms with van der Waals surface area (Å²) < 4.78 is -0.938. The highest BCUT2D eigenvalue weighted by Gasteiger charge is 2.15. The SMILES string of the molecule is CCNC(O)(I)NC. The Morgan fingerprint density at radius 1 is 1.75 bits per heavy atom. The summed E-state index contributed by atoms with van der Waals surface area (Å²) in [5.41, 5.74) is 0. The molecule has 0 aliphatic heterocycles. The minimum Gasteiger partial charge on any atom is -0.355 e. The lowest BCUT2D eigenvalue weighted by molar-refractivity contribution is 0.0938. The van der Waals surface area contributed by atoms with Crippen LogP contribution in [0.3, 0.4) is 0 Å². The molecule has 3 N–H and O–H groups in total. The second-order valence-electron chi connectivity index (χ2n) is 1.40. The molecule has 0 aromatic carbocycles. The first-order chi connectivity index (χ1) is 3.62. The lowest BCUT2D eigenvalue weighted by atomic mass is 10.7. The first-order valence-electron chi connectivity index (χ1n) is 2.47. The van der Waals surface area contributed by atoms with E-state index in [1.807, 2.05) is 29.5 Å². The molecule has 0 radical (unpaired) electrons. The van der Waals surface area contributed by atoms with E-state index in [-0.39, 0.29) is 0 Å². The van der Waals surface area contributed by atoms with Crippen LogP contribution in [0.4, 0.5) is 0 Å². The van der Waals surface area contributed by atoms with Gasteiger partial charge in [0.2, 0.25) is 3.86 Å². The van der Waals surface area contributed by atoms with Crippen LogP contribution >= 0.6 is 22.6 Å². The standard InChI is InChI=1S/C4H11IN2O/c1-3-7-4(5,8)6-2/h6-8H,3H2,1-2H3. The number of halogens is 1. The predicted octanol–water partition coefficient (Wildman–Crippen LogP) is -0.146. The zero-order valence-electron chi connectivity index (χ0n) is 5.03. The molecule has 0 aliphatic carbocycles. The van der Waals surface area contributed by atoms with E-state index in [4.69, 9.17) is 5.11 Å². The van der Waals surface area contributed by atoms with Crippen molar-refractivity contribution in [3.8, 4) is 0 Å². The molecule has 4 heteroatoms. The summed E-state index contributed by atoms with van der Waals surface area (Å²) >= 11 is 1.87. The van der Waals surface area contributed by atoms with Crippen LogP contribution in [-0.4, -0.2) is 22.6 Å². The molecule has 0 amide bonds. The van der Waals surface area contributed by atoms with Crippen LogP contribution in [0.25, 0.3) is 0 Å². The van der Waals surface area contributed by atoms with E-state index in [1.165, 1.54) is 0 Å². The molecule has 0 saturated carbocycles.